The van der Waals surface area contributed by atoms with E-state index in [2.05, 4.69) is 26.2 Å². The van der Waals surface area contributed by atoms with Gasteiger partial charge in [-0.15, -0.1) is 11.3 Å². The van der Waals surface area contributed by atoms with E-state index in [1.807, 2.05) is 29.7 Å². The normalized spacial score (nSPS) is 13.8. The molecule has 1 aromatic carbocycles. The summed E-state index contributed by atoms with van der Waals surface area (Å²) in [5, 5.41) is 5.64. The molecule has 0 bridgehead atoms. The highest BCUT2D eigenvalue weighted by Gasteiger charge is 2.11. The van der Waals surface area contributed by atoms with Gasteiger partial charge in [0, 0.05) is 17.4 Å². The summed E-state index contributed by atoms with van der Waals surface area (Å²) in [4.78, 5) is 17.6. The lowest BCUT2D eigenvalue weighted by Crippen LogP contribution is -2.10. The number of hydrogen-bond donors (Lipinski definition) is 1. The highest BCUT2D eigenvalue weighted by molar-refractivity contribution is 9.11. The van der Waals surface area contributed by atoms with E-state index >= 15 is 0 Å². The van der Waals surface area contributed by atoms with Gasteiger partial charge < -0.3 is 5.32 Å². The number of rotatable bonds is 5. The third kappa shape index (κ3) is 5.39. The third-order valence-corrected chi connectivity index (χ3v) is 5.55. The first-order chi connectivity index (χ1) is 12.1. The number of halogens is 2. The number of allylic oxidation sites excluding steroid dienone is 6. The Kier molecular flexibility index (Phi) is 6.23. The molecule has 1 heterocycles. The van der Waals surface area contributed by atoms with Crippen LogP contribution >= 0.6 is 39.0 Å². The number of nitrogens with zero attached hydrogens (tertiary/aromatic N) is 1. The molecular weight excluding hydrogens is 423 g/mol. The zero-order chi connectivity index (χ0) is 17.6. The van der Waals surface area contributed by atoms with Gasteiger partial charge in [0.1, 0.15) is 5.82 Å². The second-order valence-corrected chi connectivity index (χ2v) is 8.24. The molecule has 7 heteroatoms. The number of aromatic nitrogens is 1. The van der Waals surface area contributed by atoms with Crippen LogP contribution in [0.15, 0.2) is 63.3 Å². The molecule has 0 saturated carbocycles. The number of carbonyl (C=O) groups is 1. The van der Waals surface area contributed by atoms with Crippen LogP contribution in [-0.2, 0) is 4.79 Å². The van der Waals surface area contributed by atoms with Crippen molar-refractivity contribution in [1.82, 2.24) is 4.98 Å². The van der Waals surface area contributed by atoms with Gasteiger partial charge in [0.05, 0.1) is 12.2 Å². The molecule has 0 spiro atoms. The first-order valence-corrected chi connectivity index (χ1v) is 9.97. The Labute approximate surface area is 161 Å². The largest absolute Gasteiger partial charge is 0.353 e. The number of anilines is 1. The van der Waals surface area contributed by atoms with Crippen LogP contribution in [0.25, 0.3) is 11.3 Å². The van der Waals surface area contributed by atoms with Gasteiger partial charge in [-0.3, -0.25) is 4.79 Å². The van der Waals surface area contributed by atoms with Crippen molar-refractivity contribution in [3.8, 4) is 11.3 Å². The van der Waals surface area contributed by atoms with E-state index in [9.17, 15) is 9.18 Å². The summed E-state index contributed by atoms with van der Waals surface area (Å²) >= 11 is 6.13. The standard InChI is InChI=1S/C18H14BrFN2OS2/c19-13-3-1-2-4-15(9-13)25-17(23)10-21-18-22-16(11-24-18)12-5-7-14(20)8-6-12/h1-8,11H,9-10H2,(H,21,22). The van der Waals surface area contributed by atoms with Crippen LogP contribution < -0.4 is 5.32 Å². The van der Waals surface area contributed by atoms with Gasteiger partial charge in [-0.05, 0) is 33.7 Å². The molecule has 0 radical (unpaired) electrons. The van der Waals surface area contributed by atoms with E-state index < -0.39 is 0 Å². The maximum absolute atomic E-state index is 13.0. The van der Waals surface area contributed by atoms with Crippen LogP contribution in [0, 0.1) is 5.82 Å². The molecule has 0 fully saturated rings. The van der Waals surface area contributed by atoms with E-state index in [1.54, 1.807) is 12.1 Å². The van der Waals surface area contributed by atoms with Gasteiger partial charge in [-0.1, -0.05) is 52.0 Å². The van der Waals surface area contributed by atoms with Crippen molar-refractivity contribution in [2.75, 3.05) is 11.9 Å². The average Bonchev–Trinajstić information content (AvgIpc) is 2.97. The van der Waals surface area contributed by atoms with Crippen molar-refractivity contribution >= 4 is 49.3 Å². The Morgan fingerprint density at radius 3 is 2.84 bits per heavy atom. The quantitative estimate of drug-likeness (QED) is 0.648. The molecule has 0 saturated heterocycles. The van der Waals surface area contributed by atoms with Gasteiger partial charge in [0.15, 0.2) is 5.13 Å². The summed E-state index contributed by atoms with van der Waals surface area (Å²) in [6.45, 7) is 0.198. The Balaban J connectivity index is 1.54. The maximum Gasteiger partial charge on any atom is 0.212 e. The molecule has 128 valence electrons. The van der Waals surface area contributed by atoms with Crippen molar-refractivity contribution in [1.29, 1.82) is 0 Å². The predicted octanol–water partition coefficient (Wildman–Crippen LogP) is 5.74. The molecule has 1 N–H and O–H groups in total. The molecule has 2 aromatic rings. The van der Waals surface area contributed by atoms with Crippen LogP contribution in [0.5, 0.6) is 0 Å². The number of thioether (sulfide) groups is 1. The zero-order valence-corrected chi connectivity index (χ0v) is 16.3. The summed E-state index contributed by atoms with van der Waals surface area (Å²) < 4.78 is 14.0. The van der Waals surface area contributed by atoms with Crippen LogP contribution in [-0.4, -0.2) is 16.6 Å². The zero-order valence-electron chi connectivity index (χ0n) is 13.0. The summed E-state index contributed by atoms with van der Waals surface area (Å²) in [7, 11) is 0. The highest BCUT2D eigenvalue weighted by atomic mass is 79.9. The molecule has 0 atom stereocenters. The Morgan fingerprint density at radius 2 is 2.04 bits per heavy atom. The first kappa shape index (κ1) is 18.1. The number of nitrogens with one attached hydrogen (secondary N) is 1. The fourth-order valence-electron chi connectivity index (χ4n) is 2.12. The van der Waals surface area contributed by atoms with Crippen molar-refractivity contribution < 1.29 is 9.18 Å². The SMILES string of the molecule is O=C(CNc1nc(-c2ccc(F)cc2)cs1)SC1=CC=CC=C(Br)C1. The third-order valence-electron chi connectivity index (χ3n) is 3.29. The van der Waals surface area contributed by atoms with Crippen molar-refractivity contribution in [2.45, 2.75) is 6.42 Å². The predicted molar refractivity (Wildman–Crippen MR) is 107 cm³/mol. The van der Waals surface area contributed by atoms with Crippen LogP contribution in [0.4, 0.5) is 9.52 Å². The smallest absolute Gasteiger partial charge is 0.212 e. The van der Waals surface area contributed by atoms with E-state index in [0.29, 0.717) is 5.13 Å². The van der Waals surface area contributed by atoms with Gasteiger partial charge in [-0.2, -0.15) is 0 Å². The second-order valence-electron chi connectivity index (χ2n) is 5.18. The number of hydrogen-bond acceptors (Lipinski definition) is 5. The molecule has 3 nitrogen and oxygen atoms in total. The summed E-state index contributed by atoms with van der Waals surface area (Å²) in [5.74, 6) is -0.274. The lowest BCUT2D eigenvalue weighted by molar-refractivity contribution is -0.109. The summed E-state index contributed by atoms with van der Waals surface area (Å²) in [5.41, 5.74) is 1.61. The van der Waals surface area contributed by atoms with Gasteiger partial charge in [0.2, 0.25) is 5.12 Å². The molecule has 25 heavy (non-hydrogen) atoms. The Morgan fingerprint density at radius 1 is 1.28 bits per heavy atom. The first-order valence-electron chi connectivity index (χ1n) is 7.48. The summed E-state index contributed by atoms with van der Waals surface area (Å²) in [6, 6.07) is 6.19. The van der Waals surface area contributed by atoms with Crippen LogP contribution in [0.2, 0.25) is 0 Å². The van der Waals surface area contributed by atoms with Crippen molar-refractivity contribution in [3.05, 3.63) is 69.2 Å². The fourth-order valence-corrected chi connectivity index (χ4v) is 4.29. The fraction of sp³-hybridized carbons (Fsp3) is 0.111. The molecule has 1 aliphatic carbocycles. The lowest BCUT2D eigenvalue weighted by Gasteiger charge is -2.05. The maximum atomic E-state index is 13.0. The minimum absolute atomic E-state index is 0.0281. The molecule has 0 aliphatic heterocycles. The number of benzene rings is 1. The Bertz CT molecular complexity index is 856. The number of carbonyl (C=O) groups excluding carboxylic acids is 1. The average molecular weight is 437 g/mol. The van der Waals surface area contributed by atoms with Gasteiger partial charge >= 0.3 is 0 Å². The molecule has 3 rings (SSSR count). The van der Waals surface area contributed by atoms with E-state index in [1.165, 1.54) is 35.2 Å². The molecular formula is C18H14BrFN2OS2. The van der Waals surface area contributed by atoms with E-state index in [-0.39, 0.29) is 17.5 Å². The molecule has 0 unspecified atom stereocenters. The van der Waals surface area contributed by atoms with E-state index in [4.69, 9.17) is 0 Å². The minimum Gasteiger partial charge on any atom is -0.353 e. The molecule has 0 amide bonds. The van der Waals surface area contributed by atoms with E-state index in [0.717, 1.165) is 27.1 Å². The topological polar surface area (TPSA) is 42.0 Å². The van der Waals surface area contributed by atoms with Crippen LogP contribution in [0.3, 0.4) is 0 Å². The monoisotopic (exact) mass is 436 g/mol. The van der Waals surface area contributed by atoms with Gasteiger partial charge in [0.25, 0.3) is 0 Å². The molecule has 1 aliphatic rings. The second kappa shape index (κ2) is 8.60. The van der Waals surface area contributed by atoms with Crippen LogP contribution in [0.1, 0.15) is 6.42 Å². The van der Waals surface area contributed by atoms with Gasteiger partial charge in [-0.25, -0.2) is 9.37 Å². The van der Waals surface area contributed by atoms with Crippen molar-refractivity contribution in [3.63, 3.8) is 0 Å². The van der Waals surface area contributed by atoms with Crippen molar-refractivity contribution in [2.24, 2.45) is 0 Å². The summed E-state index contributed by atoms with van der Waals surface area (Å²) in [6.07, 6.45) is 8.50. The lowest BCUT2D eigenvalue weighted by atomic mass is 10.2. The minimum atomic E-state index is -0.274. The highest BCUT2D eigenvalue weighted by Crippen LogP contribution is 2.29. The molecule has 1 aromatic heterocycles. The number of thiazole rings is 1. The Hall–Kier alpha value is -1.70.